The van der Waals surface area contributed by atoms with Crippen molar-refractivity contribution in [3.63, 3.8) is 0 Å². The van der Waals surface area contributed by atoms with Crippen LogP contribution in [0.3, 0.4) is 0 Å². The molecule has 2 aromatic rings. The van der Waals surface area contributed by atoms with Crippen molar-refractivity contribution in [2.75, 3.05) is 12.3 Å². The van der Waals surface area contributed by atoms with E-state index in [9.17, 15) is 4.79 Å². The van der Waals surface area contributed by atoms with Gasteiger partial charge in [0.2, 0.25) is 5.91 Å². The predicted octanol–water partition coefficient (Wildman–Crippen LogP) is 3.60. The SMILES string of the molecule is Cc1nc2ccc(CC(=O)NCCSC3CCCCC3)cc2[nH]1. The number of carbonyl (C=O) groups excluding carboxylic acids is 1. The van der Waals surface area contributed by atoms with Gasteiger partial charge in [-0.15, -0.1) is 0 Å². The third-order valence-electron chi connectivity index (χ3n) is 4.36. The van der Waals surface area contributed by atoms with Crippen LogP contribution < -0.4 is 5.32 Å². The molecule has 0 spiro atoms. The van der Waals surface area contributed by atoms with Gasteiger partial charge in [0.25, 0.3) is 0 Å². The average Bonchev–Trinajstić information content (AvgIpc) is 2.92. The summed E-state index contributed by atoms with van der Waals surface area (Å²) in [7, 11) is 0. The maximum Gasteiger partial charge on any atom is 0.224 e. The Labute approximate surface area is 141 Å². The van der Waals surface area contributed by atoms with Crippen molar-refractivity contribution in [2.45, 2.75) is 50.7 Å². The molecule has 0 unspecified atom stereocenters. The summed E-state index contributed by atoms with van der Waals surface area (Å²) in [4.78, 5) is 19.7. The Morgan fingerprint density at radius 2 is 2.17 bits per heavy atom. The van der Waals surface area contributed by atoms with Gasteiger partial charge in [0.05, 0.1) is 17.5 Å². The Morgan fingerprint density at radius 1 is 1.35 bits per heavy atom. The molecule has 3 rings (SSSR count). The molecular weight excluding hydrogens is 306 g/mol. The normalized spacial score (nSPS) is 15.9. The zero-order valence-corrected chi connectivity index (χ0v) is 14.5. The Hall–Kier alpha value is -1.49. The average molecular weight is 331 g/mol. The molecule has 0 saturated heterocycles. The number of hydrogen-bond acceptors (Lipinski definition) is 3. The molecule has 1 fully saturated rings. The van der Waals surface area contributed by atoms with Gasteiger partial charge >= 0.3 is 0 Å². The summed E-state index contributed by atoms with van der Waals surface area (Å²) < 4.78 is 0. The Bertz CT molecular complexity index is 661. The molecule has 0 atom stereocenters. The standard InChI is InChI=1S/C18H25N3OS/c1-13-20-16-8-7-14(11-17(16)21-13)12-18(22)19-9-10-23-15-5-3-2-4-6-15/h7-8,11,15H,2-6,9-10,12H2,1H3,(H,19,22)(H,20,21). The molecule has 124 valence electrons. The zero-order valence-electron chi connectivity index (χ0n) is 13.7. The van der Waals surface area contributed by atoms with E-state index in [0.29, 0.717) is 6.42 Å². The molecule has 2 N–H and O–H groups in total. The van der Waals surface area contributed by atoms with Gasteiger partial charge in [0, 0.05) is 17.5 Å². The number of rotatable bonds is 6. The first kappa shape index (κ1) is 16.4. The number of H-pyrrole nitrogens is 1. The minimum atomic E-state index is 0.102. The highest BCUT2D eigenvalue weighted by Crippen LogP contribution is 2.27. The van der Waals surface area contributed by atoms with E-state index >= 15 is 0 Å². The first-order valence-electron chi connectivity index (χ1n) is 8.54. The number of benzene rings is 1. The molecule has 1 aromatic heterocycles. The third-order valence-corrected chi connectivity index (χ3v) is 5.74. The van der Waals surface area contributed by atoms with Crippen LogP contribution in [0.15, 0.2) is 18.2 Å². The highest BCUT2D eigenvalue weighted by molar-refractivity contribution is 7.99. The minimum Gasteiger partial charge on any atom is -0.355 e. The lowest BCUT2D eigenvalue weighted by atomic mass is 10.0. The molecule has 0 radical (unpaired) electrons. The number of hydrogen-bond donors (Lipinski definition) is 2. The number of fused-ring (bicyclic) bond motifs is 1. The maximum atomic E-state index is 12.1. The molecule has 5 heteroatoms. The first-order chi connectivity index (χ1) is 11.2. The lowest BCUT2D eigenvalue weighted by molar-refractivity contribution is -0.120. The second-order valence-electron chi connectivity index (χ2n) is 6.33. The molecule has 0 aliphatic heterocycles. The fourth-order valence-corrected chi connectivity index (χ4v) is 4.41. The summed E-state index contributed by atoms with van der Waals surface area (Å²) in [5.41, 5.74) is 2.98. The van der Waals surface area contributed by atoms with Crippen LogP contribution >= 0.6 is 11.8 Å². The third kappa shape index (κ3) is 4.74. The molecule has 23 heavy (non-hydrogen) atoms. The van der Waals surface area contributed by atoms with Crippen LogP contribution in [-0.2, 0) is 11.2 Å². The second kappa shape index (κ2) is 7.86. The number of nitrogens with one attached hydrogen (secondary N) is 2. The number of nitrogens with zero attached hydrogens (tertiary/aromatic N) is 1. The molecule has 4 nitrogen and oxygen atoms in total. The highest BCUT2D eigenvalue weighted by atomic mass is 32.2. The van der Waals surface area contributed by atoms with Crippen LogP contribution in [-0.4, -0.2) is 33.4 Å². The van der Waals surface area contributed by atoms with Crippen molar-refractivity contribution < 1.29 is 4.79 Å². The van der Waals surface area contributed by atoms with Gasteiger partial charge in [-0.25, -0.2) is 4.98 Å². The lowest BCUT2D eigenvalue weighted by Crippen LogP contribution is -2.27. The molecule has 1 saturated carbocycles. The van der Waals surface area contributed by atoms with Crippen LogP contribution in [0.1, 0.15) is 43.5 Å². The van der Waals surface area contributed by atoms with Crippen molar-refractivity contribution in [1.29, 1.82) is 0 Å². The number of aromatic nitrogens is 2. The quantitative estimate of drug-likeness (QED) is 0.795. The van der Waals surface area contributed by atoms with Crippen LogP contribution in [0.2, 0.25) is 0 Å². The first-order valence-corrected chi connectivity index (χ1v) is 9.59. The van der Waals surface area contributed by atoms with Crippen LogP contribution in [0.25, 0.3) is 11.0 Å². The van der Waals surface area contributed by atoms with Gasteiger partial charge in [-0.1, -0.05) is 25.3 Å². The van der Waals surface area contributed by atoms with E-state index in [1.165, 1.54) is 32.1 Å². The number of aromatic amines is 1. The number of imidazole rings is 1. The van der Waals surface area contributed by atoms with Crippen LogP contribution in [0.5, 0.6) is 0 Å². The van der Waals surface area contributed by atoms with Gasteiger partial charge in [-0.3, -0.25) is 4.79 Å². The molecule has 1 aromatic carbocycles. The van der Waals surface area contributed by atoms with Gasteiger partial charge in [-0.2, -0.15) is 11.8 Å². The molecule has 0 bridgehead atoms. The van der Waals surface area contributed by atoms with Crippen molar-refractivity contribution in [1.82, 2.24) is 15.3 Å². The van der Waals surface area contributed by atoms with Crippen LogP contribution in [0, 0.1) is 6.92 Å². The number of thioether (sulfide) groups is 1. The smallest absolute Gasteiger partial charge is 0.224 e. The van der Waals surface area contributed by atoms with Gasteiger partial charge in [-0.05, 0) is 37.5 Å². The van der Waals surface area contributed by atoms with E-state index < -0.39 is 0 Å². The largest absolute Gasteiger partial charge is 0.355 e. The van der Waals surface area contributed by atoms with E-state index in [-0.39, 0.29) is 5.91 Å². The number of carbonyl (C=O) groups is 1. The van der Waals surface area contributed by atoms with E-state index in [1.54, 1.807) is 0 Å². The summed E-state index contributed by atoms with van der Waals surface area (Å²) in [6.07, 6.45) is 7.28. The van der Waals surface area contributed by atoms with Crippen LogP contribution in [0.4, 0.5) is 0 Å². The number of amides is 1. The summed E-state index contributed by atoms with van der Waals surface area (Å²) in [6.45, 7) is 2.71. The van der Waals surface area contributed by atoms with Crippen molar-refractivity contribution in [2.24, 2.45) is 0 Å². The minimum absolute atomic E-state index is 0.102. The maximum absolute atomic E-state index is 12.1. The Morgan fingerprint density at radius 3 is 3.00 bits per heavy atom. The second-order valence-corrected chi connectivity index (χ2v) is 7.74. The number of aryl methyl sites for hydroxylation is 1. The Kier molecular flexibility index (Phi) is 5.60. The summed E-state index contributed by atoms with van der Waals surface area (Å²) >= 11 is 2.02. The molecular formula is C18H25N3OS. The lowest BCUT2D eigenvalue weighted by Gasteiger charge is -2.20. The van der Waals surface area contributed by atoms with Gasteiger partial charge in [0.1, 0.15) is 5.82 Å². The fraction of sp³-hybridized carbons (Fsp3) is 0.556. The predicted molar refractivity (Wildman–Crippen MR) is 96.9 cm³/mol. The van der Waals surface area contributed by atoms with Gasteiger partial charge < -0.3 is 10.3 Å². The summed E-state index contributed by atoms with van der Waals surface area (Å²) in [5.74, 6) is 2.03. The molecule has 1 amide bonds. The monoisotopic (exact) mass is 331 g/mol. The fourth-order valence-electron chi connectivity index (χ4n) is 3.19. The van der Waals surface area contributed by atoms with E-state index in [4.69, 9.17) is 0 Å². The highest BCUT2D eigenvalue weighted by Gasteiger charge is 2.13. The Balaban J connectivity index is 1.41. The molecule has 1 heterocycles. The zero-order chi connectivity index (χ0) is 16.1. The van der Waals surface area contributed by atoms with E-state index in [0.717, 1.165) is 40.0 Å². The van der Waals surface area contributed by atoms with Crippen molar-refractivity contribution in [3.8, 4) is 0 Å². The van der Waals surface area contributed by atoms with Gasteiger partial charge in [0.15, 0.2) is 0 Å². The summed E-state index contributed by atoms with van der Waals surface area (Å²) in [6, 6.07) is 5.98. The molecule has 1 aliphatic rings. The van der Waals surface area contributed by atoms with Crippen molar-refractivity contribution in [3.05, 3.63) is 29.6 Å². The topological polar surface area (TPSA) is 57.8 Å². The molecule has 1 aliphatic carbocycles. The van der Waals surface area contributed by atoms with E-state index in [2.05, 4.69) is 15.3 Å². The summed E-state index contributed by atoms with van der Waals surface area (Å²) in [5, 5.41) is 3.85. The van der Waals surface area contributed by atoms with E-state index in [1.807, 2.05) is 36.9 Å². The van der Waals surface area contributed by atoms with Crippen molar-refractivity contribution >= 4 is 28.7 Å².